The van der Waals surface area contributed by atoms with Gasteiger partial charge in [0, 0.05) is 10.4 Å². The molecule has 2 N–H and O–H groups in total. The van der Waals surface area contributed by atoms with Crippen LogP contribution < -0.4 is 5.32 Å². The molecule has 0 aliphatic carbocycles. The summed E-state index contributed by atoms with van der Waals surface area (Å²) in [5, 5.41) is 17.1. The van der Waals surface area contributed by atoms with Crippen LogP contribution in [0.15, 0.2) is 53.9 Å². The molecule has 0 radical (unpaired) electrons. The summed E-state index contributed by atoms with van der Waals surface area (Å²) in [6.07, 6.45) is 0. The predicted octanol–water partition coefficient (Wildman–Crippen LogP) is 6.11. The van der Waals surface area contributed by atoms with Crippen LogP contribution in [0.2, 0.25) is 10.0 Å². The molecular weight excluding hydrogens is 377 g/mol. The van der Waals surface area contributed by atoms with E-state index in [1.807, 2.05) is 35.7 Å². The average molecular weight is 388 g/mol. The molecule has 2 heterocycles. The van der Waals surface area contributed by atoms with Gasteiger partial charge in [0.05, 0.1) is 21.1 Å². The smallest absolute Gasteiger partial charge is 0.173 e. The maximum atomic E-state index is 10.1. The van der Waals surface area contributed by atoms with E-state index in [0.717, 1.165) is 15.8 Å². The van der Waals surface area contributed by atoms with Crippen LogP contribution in [0, 0.1) is 0 Å². The Kier molecular flexibility index (Phi) is 4.21. The molecule has 4 aromatic rings. The Morgan fingerprint density at radius 3 is 2.64 bits per heavy atom. The summed E-state index contributed by atoms with van der Waals surface area (Å²) in [6.45, 7) is 0. The van der Waals surface area contributed by atoms with Gasteiger partial charge < -0.3 is 10.4 Å². The van der Waals surface area contributed by atoms with E-state index >= 15 is 0 Å². The van der Waals surface area contributed by atoms with Crippen molar-refractivity contribution in [2.24, 2.45) is 0 Å². The van der Waals surface area contributed by atoms with Crippen molar-refractivity contribution in [2.75, 3.05) is 5.32 Å². The molecule has 0 bridgehead atoms. The Hall–Kier alpha value is -2.34. The van der Waals surface area contributed by atoms with Crippen molar-refractivity contribution < 1.29 is 5.11 Å². The molecule has 0 fully saturated rings. The number of aromatic nitrogens is 2. The zero-order valence-electron chi connectivity index (χ0n) is 12.7. The number of aromatic hydroxyl groups is 1. The molecule has 2 aromatic carbocycles. The largest absolute Gasteiger partial charge is 0.506 e. The van der Waals surface area contributed by atoms with E-state index in [2.05, 4.69) is 15.3 Å². The molecular formula is C18H11Cl2N3OS. The highest BCUT2D eigenvalue weighted by molar-refractivity contribution is 7.14. The summed E-state index contributed by atoms with van der Waals surface area (Å²) < 4.78 is 0. The highest BCUT2D eigenvalue weighted by atomic mass is 35.5. The van der Waals surface area contributed by atoms with Crippen LogP contribution in [0.4, 0.5) is 11.5 Å². The summed E-state index contributed by atoms with van der Waals surface area (Å²) >= 11 is 13.7. The topological polar surface area (TPSA) is 58.0 Å². The van der Waals surface area contributed by atoms with Gasteiger partial charge in [-0.25, -0.2) is 9.97 Å². The number of anilines is 2. The summed E-state index contributed by atoms with van der Waals surface area (Å²) in [6, 6.07) is 14.3. The lowest BCUT2D eigenvalue weighted by Gasteiger charge is -2.12. The first kappa shape index (κ1) is 16.1. The van der Waals surface area contributed by atoms with E-state index in [1.165, 1.54) is 17.4 Å². The number of fused-ring (bicyclic) bond motifs is 1. The summed E-state index contributed by atoms with van der Waals surface area (Å²) in [5.74, 6) is 1.19. The van der Waals surface area contributed by atoms with Gasteiger partial charge in [-0.1, -0.05) is 35.3 Å². The monoisotopic (exact) mass is 387 g/mol. The van der Waals surface area contributed by atoms with E-state index in [-0.39, 0.29) is 5.75 Å². The van der Waals surface area contributed by atoms with Crippen LogP contribution in [0.1, 0.15) is 0 Å². The lowest BCUT2D eigenvalue weighted by molar-refractivity contribution is 0.478. The zero-order valence-corrected chi connectivity index (χ0v) is 15.0. The van der Waals surface area contributed by atoms with Crippen LogP contribution in [-0.2, 0) is 0 Å². The number of nitrogens with one attached hydrogen (secondary N) is 1. The molecule has 4 nitrogen and oxygen atoms in total. The number of para-hydroxylation sites is 1. The minimum absolute atomic E-state index is 0.0859. The average Bonchev–Trinajstić information content (AvgIpc) is 3.04. The van der Waals surface area contributed by atoms with Gasteiger partial charge in [0.2, 0.25) is 0 Å². The number of hydrogen-bond donors (Lipinski definition) is 2. The van der Waals surface area contributed by atoms with Crippen molar-refractivity contribution >= 4 is 56.9 Å². The number of thiophene rings is 1. The zero-order chi connectivity index (χ0) is 17.4. The second kappa shape index (κ2) is 6.52. The Balaban J connectivity index is 1.90. The van der Waals surface area contributed by atoms with E-state index < -0.39 is 0 Å². The van der Waals surface area contributed by atoms with E-state index in [4.69, 9.17) is 23.2 Å². The molecule has 124 valence electrons. The van der Waals surface area contributed by atoms with Crippen molar-refractivity contribution in [3.8, 4) is 16.5 Å². The maximum Gasteiger partial charge on any atom is 0.173 e. The van der Waals surface area contributed by atoms with Gasteiger partial charge in [-0.2, -0.15) is 0 Å². The molecule has 0 saturated carbocycles. The third kappa shape index (κ3) is 3.14. The summed E-state index contributed by atoms with van der Waals surface area (Å²) in [5.41, 5.74) is 1.25. The van der Waals surface area contributed by atoms with E-state index in [0.29, 0.717) is 27.4 Å². The van der Waals surface area contributed by atoms with Crippen LogP contribution in [0.3, 0.4) is 0 Å². The normalized spacial score (nSPS) is 11.0. The third-order valence-electron chi connectivity index (χ3n) is 3.64. The molecule has 0 saturated heterocycles. The van der Waals surface area contributed by atoms with Crippen molar-refractivity contribution in [3.63, 3.8) is 0 Å². The lowest BCUT2D eigenvalue weighted by atomic mass is 10.2. The number of halogens is 2. The fourth-order valence-corrected chi connectivity index (χ4v) is 3.71. The van der Waals surface area contributed by atoms with Crippen LogP contribution in [0.25, 0.3) is 21.6 Å². The number of phenolic OH excluding ortho intramolecular Hbond substituents is 1. The highest BCUT2D eigenvalue weighted by Crippen LogP contribution is 2.35. The van der Waals surface area contributed by atoms with Gasteiger partial charge in [0.15, 0.2) is 5.82 Å². The first-order valence-electron chi connectivity index (χ1n) is 7.37. The molecule has 0 amide bonds. The molecule has 0 atom stereocenters. The van der Waals surface area contributed by atoms with Gasteiger partial charge in [0.25, 0.3) is 0 Å². The van der Waals surface area contributed by atoms with E-state index in [9.17, 15) is 5.11 Å². The van der Waals surface area contributed by atoms with E-state index in [1.54, 1.807) is 12.1 Å². The number of phenols is 1. The minimum atomic E-state index is 0.0859. The molecule has 0 aliphatic heterocycles. The van der Waals surface area contributed by atoms with Crippen molar-refractivity contribution in [1.29, 1.82) is 0 Å². The second-order valence-electron chi connectivity index (χ2n) is 5.30. The molecule has 7 heteroatoms. The number of rotatable bonds is 3. The van der Waals surface area contributed by atoms with Gasteiger partial charge in [-0.15, -0.1) is 11.3 Å². The third-order valence-corrected chi connectivity index (χ3v) is 5.21. The van der Waals surface area contributed by atoms with Crippen LogP contribution >= 0.6 is 34.5 Å². The standard InChI is InChI=1S/C18H11Cl2N3OS/c19-10-5-6-15(24)14(9-10)22-17-11-3-1-2-4-13(11)21-18(23-17)16-12(20)7-8-25-16/h1-9,24H,(H,21,22,23). The van der Waals surface area contributed by atoms with Gasteiger partial charge >= 0.3 is 0 Å². The number of benzene rings is 2. The highest BCUT2D eigenvalue weighted by Gasteiger charge is 2.14. The Bertz CT molecular complexity index is 1080. The summed E-state index contributed by atoms with van der Waals surface area (Å²) in [7, 11) is 0. The number of hydrogen-bond acceptors (Lipinski definition) is 5. The minimum Gasteiger partial charge on any atom is -0.506 e. The fourth-order valence-electron chi connectivity index (χ4n) is 2.46. The van der Waals surface area contributed by atoms with Crippen LogP contribution in [0.5, 0.6) is 5.75 Å². The van der Waals surface area contributed by atoms with Crippen molar-refractivity contribution in [3.05, 3.63) is 64.0 Å². The van der Waals surface area contributed by atoms with Gasteiger partial charge in [0.1, 0.15) is 11.6 Å². The van der Waals surface area contributed by atoms with Crippen LogP contribution in [-0.4, -0.2) is 15.1 Å². The Labute approximate surface area is 157 Å². The molecule has 0 aliphatic rings. The molecule has 0 unspecified atom stereocenters. The Morgan fingerprint density at radius 2 is 1.84 bits per heavy atom. The summed E-state index contributed by atoms with van der Waals surface area (Å²) in [4.78, 5) is 10.0. The quantitative estimate of drug-likeness (QED) is 0.416. The predicted molar refractivity (Wildman–Crippen MR) is 104 cm³/mol. The number of nitrogens with zero attached hydrogens (tertiary/aromatic N) is 2. The van der Waals surface area contributed by atoms with Crippen molar-refractivity contribution in [2.45, 2.75) is 0 Å². The molecule has 4 rings (SSSR count). The fraction of sp³-hybridized carbons (Fsp3) is 0. The lowest BCUT2D eigenvalue weighted by Crippen LogP contribution is -1.99. The Morgan fingerprint density at radius 1 is 1.00 bits per heavy atom. The molecule has 2 aromatic heterocycles. The molecule has 25 heavy (non-hydrogen) atoms. The van der Waals surface area contributed by atoms with Crippen molar-refractivity contribution in [1.82, 2.24) is 9.97 Å². The second-order valence-corrected chi connectivity index (χ2v) is 7.06. The van der Waals surface area contributed by atoms with Gasteiger partial charge in [-0.05, 0) is 41.8 Å². The first-order valence-corrected chi connectivity index (χ1v) is 9.01. The SMILES string of the molecule is Oc1ccc(Cl)cc1Nc1nc(-c2sccc2Cl)nc2ccccc12. The van der Waals surface area contributed by atoms with Gasteiger partial charge in [-0.3, -0.25) is 0 Å². The first-order chi connectivity index (χ1) is 12.1. The maximum absolute atomic E-state index is 10.1. The molecule has 0 spiro atoms.